The van der Waals surface area contributed by atoms with Gasteiger partial charge in [-0.1, -0.05) is 24.3 Å². The van der Waals surface area contributed by atoms with E-state index in [2.05, 4.69) is 15.3 Å². The minimum Gasteiger partial charge on any atom is -0.497 e. The number of methoxy groups -OCH3 is 2. The van der Waals surface area contributed by atoms with Crippen molar-refractivity contribution in [3.05, 3.63) is 65.9 Å². The Balaban J connectivity index is 1.83. The van der Waals surface area contributed by atoms with Gasteiger partial charge in [-0.2, -0.15) is 0 Å². The lowest BCUT2D eigenvalue weighted by atomic mass is 10.1. The third-order valence-electron chi connectivity index (χ3n) is 4.72. The average molecular weight is 391 g/mol. The SMILES string of the molecule is C/C=C(\C)C(=O)NCc1cccc(-c2ncc(-c3cc(OC)ccc3OC)[nH]2)c1. The summed E-state index contributed by atoms with van der Waals surface area (Å²) in [6.07, 6.45) is 3.57. The first-order chi connectivity index (χ1) is 14.0. The molecular weight excluding hydrogens is 366 g/mol. The maximum Gasteiger partial charge on any atom is 0.246 e. The minimum absolute atomic E-state index is 0.0664. The van der Waals surface area contributed by atoms with E-state index in [1.165, 1.54) is 0 Å². The van der Waals surface area contributed by atoms with Crippen molar-refractivity contribution >= 4 is 5.91 Å². The molecule has 2 aromatic carbocycles. The van der Waals surface area contributed by atoms with E-state index in [-0.39, 0.29) is 5.91 Å². The quantitative estimate of drug-likeness (QED) is 0.587. The Morgan fingerprint density at radius 3 is 2.72 bits per heavy atom. The second-order valence-electron chi connectivity index (χ2n) is 6.57. The molecule has 0 fully saturated rings. The van der Waals surface area contributed by atoms with Crippen LogP contribution in [0.25, 0.3) is 22.6 Å². The molecule has 0 saturated heterocycles. The van der Waals surface area contributed by atoms with E-state index < -0.39 is 0 Å². The van der Waals surface area contributed by atoms with Gasteiger partial charge in [0.05, 0.1) is 26.1 Å². The number of rotatable bonds is 7. The molecule has 6 heteroatoms. The zero-order valence-corrected chi connectivity index (χ0v) is 17.1. The van der Waals surface area contributed by atoms with Crippen LogP contribution in [-0.4, -0.2) is 30.1 Å². The van der Waals surface area contributed by atoms with E-state index in [0.717, 1.165) is 39.7 Å². The molecule has 0 aliphatic carbocycles. The van der Waals surface area contributed by atoms with Crippen molar-refractivity contribution in [2.45, 2.75) is 20.4 Å². The monoisotopic (exact) mass is 391 g/mol. The van der Waals surface area contributed by atoms with Crippen LogP contribution >= 0.6 is 0 Å². The van der Waals surface area contributed by atoms with Crippen LogP contribution in [0.5, 0.6) is 11.5 Å². The van der Waals surface area contributed by atoms with Gasteiger partial charge >= 0.3 is 0 Å². The molecule has 0 spiro atoms. The maximum atomic E-state index is 12.0. The van der Waals surface area contributed by atoms with Crippen LogP contribution in [0, 0.1) is 0 Å². The van der Waals surface area contributed by atoms with Crippen molar-refractivity contribution in [3.63, 3.8) is 0 Å². The zero-order valence-electron chi connectivity index (χ0n) is 17.1. The van der Waals surface area contributed by atoms with Gasteiger partial charge in [0.25, 0.3) is 0 Å². The van der Waals surface area contributed by atoms with E-state index in [9.17, 15) is 4.79 Å². The first-order valence-electron chi connectivity index (χ1n) is 9.33. The predicted molar refractivity (Wildman–Crippen MR) is 114 cm³/mol. The van der Waals surface area contributed by atoms with Gasteiger partial charge in [0.2, 0.25) is 5.91 Å². The van der Waals surface area contributed by atoms with Crippen LogP contribution < -0.4 is 14.8 Å². The molecule has 1 amide bonds. The summed E-state index contributed by atoms with van der Waals surface area (Å²) in [5, 5.41) is 2.92. The zero-order chi connectivity index (χ0) is 20.8. The normalized spacial score (nSPS) is 11.2. The van der Waals surface area contributed by atoms with Gasteiger partial charge in [0, 0.05) is 23.2 Å². The summed E-state index contributed by atoms with van der Waals surface area (Å²) in [7, 11) is 3.27. The molecule has 3 rings (SSSR count). The third kappa shape index (κ3) is 4.66. The highest BCUT2D eigenvalue weighted by molar-refractivity contribution is 5.92. The number of carbonyl (C=O) groups excluding carboxylic acids is 1. The van der Waals surface area contributed by atoms with Gasteiger partial charge in [-0.15, -0.1) is 0 Å². The average Bonchev–Trinajstić information content (AvgIpc) is 3.26. The Morgan fingerprint density at radius 1 is 1.17 bits per heavy atom. The fraction of sp³-hybridized carbons (Fsp3) is 0.217. The summed E-state index contributed by atoms with van der Waals surface area (Å²) < 4.78 is 10.8. The van der Waals surface area contributed by atoms with Crippen LogP contribution in [-0.2, 0) is 11.3 Å². The number of imidazole rings is 1. The lowest BCUT2D eigenvalue weighted by Gasteiger charge is -2.09. The Hall–Kier alpha value is -3.54. The summed E-state index contributed by atoms with van der Waals surface area (Å²) in [6, 6.07) is 13.5. The van der Waals surface area contributed by atoms with Crippen LogP contribution in [0.1, 0.15) is 19.4 Å². The third-order valence-corrected chi connectivity index (χ3v) is 4.72. The molecule has 29 heavy (non-hydrogen) atoms. The second kappa shape index (κ2) is 9.10. The summed E-state index contributed by atoms with van der Waals surface area (Å²) in [5.41, 5.74) is 4.34. The van der Waals surface area contributed by atoms with Crippen LogP contribution in [0.3, 0.4) is 0 Å². The molecule has 0 atom stereocenters. The molecule has 2 N–H and O–H groups in total. The van der Waals surface area contributed by atoms with Gasteiger partial charge in [-0.25, -0.2) is 4.98 Å². The smallest absolute Gasteiger partial charge is 0.246 e. The van der Waals surface area contributed by atoms with Crippen LogP contribution in [0.4, 0.5) is 0 Å². The number of nitrogens with zero attached hydrogens (tertiary/aromatic N) is 1. The molecule has 0 radical (unpaired) electrons. The second-order valence-corrected chi connectivity index (χ2v) is 6.57. The topological polar surface area (TPSA) is 76.2 Å². The number of ether oxygens (including phenoxy) is 2. The van der Waals surface area contributed by atoms with E-state index in [1.807, 2.05) is 49.4 Å². The summed E-state index contributed by atoms with van der Waals surface area (Å²) in [6.45, 7) is 4.10. The largest absolute Gasteiger partial charge is 0.497 e. The van der Waals surface area contributed by atoms with Crippen molar-refractivity contribution in [1.29, 1.82) is 0 Å². The number of aromatic nitrogens is 2. The minimum atomic E-state index is -0.0664. The van der Waals surface area contributed by atoms with Crippen LogP contribution in [0.15, 0.2) is 60.3 Å². The highest BCUT2D eigenvalue weighted by Gasteiger charge is 2.12. The Morgan fingerprint density at radius 2 is 2.00 bits per heavy atom. The lowest BCUT2D eigenvalue weighted by molar-refractivity contribution is -0.117. The van der Waals surface area contributed by atoms with Gasteiger partial charge < -0.3 is 19.8 Å². The molecule has 0 saturated carbocycles. The van der Waals surface area contributed by atoms with Crippen molar-refractivity contribution in [3.8, 4) is 34.1 Å². The molecule has 150 valence electrons. The van der Waals surface area contributed by atoms with Crippen LogP contribution in [0.2, 0.25) is 0 Å². The molecule has 1 aromatic heterocycles. The predicted octanol–water partition coefficient (Wildman–Crippen LogP) is 4.34. The number of H-pyrrole nitrogens is 1. The fourth-order valence-electron chi connectivity index (χ4n) is 2.91. The summed E-state index contributed by atoms with van der Waals surface area (Å²) in [4.78, 5) is 19.8. The number of hydrogen-bond acceptors (Lipinski definition) is 4. The first-order valence-corrected chi connectivity index (χ1v) is 9.33. The number of allylic oxidation sites excluding steroid dienone is 1. The standard InChI is InChI=1S/C23H25N3O3/c1-5-15(2)23(27)25-13-16-7-6-8-17(11-16)22-24-14-20(26-22)19-12-18(28-3)9-10-21(19)29-4/h5-12,14H,13H2,1-4H3,(H,24,26)(H,25,27)/b15-5+. The first kappa shape index (κ1) is 20.2. The number of hydrogen-bond donors (Lipinski definition) is 2. The molecule has 0 aliphatic heterocycles. The van der Waals surface area contributed by atoms with Gasteiger partial charge in [0.1, 0.15) is 17.3 Å². The van der Waals surface area contributed by atoms with E-state index in [4.69, 9.17) is 9.47 Å². The number of nitrogens with one attached hydrogen (secondary N) is 2. The molecular formula is C23H25N3O3. The lowest BCUT2D eigenvalue weighted by Crippen LogP contribution is -2.23. The summed E-state index contributed by atoms with van der Waals surface area (Å²) in [5.74, 6) is 2.15. The number of amides is 1. The van der Waals surface area contributed by atoms with Crippen molar-refractivity contribution in [2.75, 3.05) is 14.2 Å². The van der Waals surface area contributed by atoms with Gasteiger partial charge in [-0.3, -0.25) is 4.79 Å². The molecule has 1 heterocycles. The molecule has 0 unspecified atom stereocenters. The highest BCUT2D eigenvalue weighted by atomic mass is 16.5. The van der Waals surface area contributed by atoms with Crippen molar-refractivity contribution in [1.82, 2.24) is 15.3 Å². The molecule has 0 aliphatic rings. The highest BCUT2D eigenvalue weighted by Crippen LogP contribution is 2.33. The van der Waals surface area contributed by atoms with Gasteiger partial charge in [-0.05, 0) is 43.7 Å². The Labute approximate surface area is 170 Å². The number of aromatic amines is 1. The fourth-order valence-corrected chi connectivity index (χ4v) is 2.91. The molecule has 6 nitrogen and oxygen atoms in total. The molecule has 3 aromatic rings. The van der Waals surface area contributed by atoms with Crippen molar-refractivity contribution in [2.24, 2.45) is 0 Å². The Bertz CT molecular complexity index is 1040. The summed E-state index contributed by atoms with van der Waals surface area (Å²) >= 11 is 0. The van der Waals surface area contributed by atoms with E-state index in [0.29, 0.717) is 12.1 Å². The number of carbonyl (C=O) groups is 1. The van der Waals surface area contributed by atoms with Crippen molar-refractivity contribution < 1.29 is 14.3 Å². The molecule has 0 bridgehead atoms. The number of benzene rings is 2. The van der Waals surface area contributed by atoms with Gasteiger partial charge in [0.15, 0.2) is 0 Å². The van der Waals surface area contributed by atoms with E-state index in [1.54, 1.807) is 33.4 Å². The van der Waals surface area contributed by atoms with E-state index >= 15 is 0 Å². The maximum absolute atomic E-state index is 12.0. The Kier molecular flexibility index (Phi) is 6.34.